The number of hydrogen-bond acceptors (Lipinski definition) is 2. The van der Waals surface area contributed by atoms with Gasteiger partial charge in [0.15, 0.2) is 0 Å². The van der Waals surface area contributed by atoms with Gasteiger partial charge in [0.1, 0.15) is 0 Å². The maximum Gasteiger partial charge on any atom is 0.223 e. The van der Waals surface area contributed by atoms with E-state index < -0.39 is 0 Å². The van der Waals surface area contributed by atoms with E-state index in [9.17, 15) is 4.79 Å². The van der Waals surface area contributed by atoms with Crippen molar-refractivity contribution >= 4 is 5.91 Å². The van der Waals surface area contributed by atoms with Gasteiger partial charge in [-0.1, -0.05) is 12.2 Å². The number of aryl methyl sites for hydroxylation is 1. The van der Waals surface area contributed by atoms with Gasteiger partial charge in [-0.15, -0.1) is 0 Å². The Hall–Kier alpha value is -1.58. The van der Waals surface area contributed by atoms with Gasteiger partial charge >= 0.3 is 0 Å². The molecule has 0 bridgehead atoms. The molecule has 1 aliphatic carbocycles. The number of allylic oxidation sites excluding steroid dienone is 2. The highest BCUT2D eigenvalue weighted by Crippen LogP contribution is 2.17. The number of rotatable bonds is 5. The average molecular weight is 233 g/mol. The summed E-state index contributed by atoms with van der Waals surface area (Å²) in [6.45, 7) is 1.59. The molecule has 1 aliphatic rings. The third-order valence-corrected chi connectivity index (χ3v) is 3.06. The van der Waals surface area contributed by atoms with Crippen molar-refractivity contribution in [2.24, 2.45) is 5.92 Å². The van der Waals surface area contributed by atoms with E-state index >= 15 is 0 Å². The van der Waals surface area contributed by atoms with Crippen LogP contribution in [0.3, 0.4) is 0 Å². The summed E-state index contributed by atoms with van der Waals surface area (Å²) >= 11 is 0. The number of carbonyl (C=O) groups excluding carboxylic acids is 1. The second kappa shape index (κ2) is 6.23. The molecule has 4 nitrogen and oxygen atoms in total. The van der Waals surface area contributed by atoms with Crippen LogP contribution in [0.4, 0.5) is 0 Å². The normalized spacial score (nSPS) is 19.2. The van der Waals surface area contributed by atoms with Crippen molar-refractivity contribution in [2.75, 3.05) is 6.54 Å². The lowest BCUT2D eigenvalue weighted by Gasteiger charge is -2.17. The lowest BCUT2D eigenvalue weighted by Crippen LogP contribution is -2.32. The topological polar surface area (TPSA) is 46.9 Å². The number of amides is 1. The summed E-state index contributed by atoms with van der Waals surface area (Å²) in [5, 5.41) is 7.12. The molecule has 1 N–H and O–H groups in total. The van der Waals surface area contributed by atoms with Crippen LogP contribution < -0.4 is 5.32 Å². The van der Waals surface area contributed by atoms with Crippen LogP contribution in [-0.2, 0) is 11.3 Å². The quantitative estimate of drug-likeness (QED) is 0.622. The molecule has 17 heavy (non-hydrogen) atoms. The fourth-order valence-electron chi connectivity index (χ4n) is 2.06. The molecular formula is C13H19N3O. The van der Waals surface area contributed by atoms with Crippen molar-refractivity contribution in [3.05, 3.63) is 30.6 Å². The van der Waals surface area contributed by atoms with Crippen LogP contribution in [0.1, 0.15) is 25.7 Å². The zero-order valence-electron chi connectivity index (χ0n) is 10.0. The average Bonchev–Trinajstić information content (AvgIpc) is 2.88. The minimum atomic E-state index is 0.185. The summed E-state index contributed by atoms with van der Waals surface area (Å²) in [6.07, 6.45) is 11.8. The van der Waals surface area contributed by atoms with E-state index in [-0.39, 0.29) is 11.8 Å². The van der Waals surface area contributed by atoms with E-state index in [0.29, 0.717) is 0 Å². The second-order valence-electron chi connectivity index (χ2n) is 4.40. The Balaban J connectivity index is 1.61. The van der Waals surface area contributed by atoms with Gasteiger partial charge in [-0.3, -0.25) is 9.48 Å². The lowest BCUT2D eigenvalue weighted by atomic mass is 9.94. The van der Waals surface area contributed by atoms with Crippen molar-refractivity contribution in [3.63, 3.8) is 0 Å². The lowest BCUT2D eigenvalue weighted by molar-refractivity contribution is -0.125. The van der Waals surface area contributed by atoms with Crippen molar-refractivity contribution < 1.29 is 4.79 Å². The van der Waals surface area contributed by atoms with Crippen molar-refractivity contribution in [1.82, 2.24) is 15.1 Å². The maximum atomic E-state index is 11.8. The summed E-state index contributed by atoms with van der Waals surface area (Å²) in [4.78, 5) is 11.8. The van der Waals surface area contributed by atoms with Gasteiger partial charge in [0.05, 0.1) is 0 Å². The van der Waals surface area contributed by atoms with Gasteiger partial charge in [0.2, 0.25) is 5.91 Å². The molecule has 0 radical (unpaired) electrons. The van der Waals surface area contributed by atoms with Crippen LogP contribution in [0, 0.1) is 5.92 Å². The van der Waals surface area contributed by atoms with Gasteiger partial charge in [-0.25, -0.2) is 0 Å². The van der Waals surface area contributed by atoms with Gasteiger partial charge < -0.3 is 5.32 Å². The van der Waals surface area contributed by atoms with Crippen molar-refractivity contribution in [3.8, 4) is 0 Å². The Morgan fingerprint density at radius 3 is 3.12 bits per heavy atom. The summed E-state index contributed by atoms with van der Waals surface area (Å²) in [5.74, 6) is 0.388. The predicted molar refractivity (Wildman–Crippen MR) is 66.3 cm³/mol. The standard InChI is InChI=1S/C13H19N3O/c17-13(12-6-2-1-3-7-12)14-8-4-10-16-11-5-9-15-16/h1-2,5,9,11-12H,3-4,6-8,10H2,(H,14,17)/t12-/m1/s1. The smallest absolute Gasteiger partial charge is 0.223 e. The zero-order valence-corrected chi connectivity index (χ0v) is 10.0. The Morgan fingerprint density at radius 1 is 1.47 bits per heavy atom. The van der Waals surface area contributed by atoms with Gasteiger partial charge in [0.25, 0.3) is 0 Å². The third-order valence-electron chi connectivity index (χ3n) is 3.06. The minimum Gasteiger partial charge on any atom is -0.356 e. The van der Waals surface area contributed by atoms with Crippen LogP contribution in [0.2, 0.25) is 0 Å². The molecule has 0 aromatic carbocycles. The molecular weight excluding hydrogens is 214 g/mol. The van der Waals surface area contributed by atoms with E-state index in [1.807, 2.05) is 16.9 Å². The van der Waals surface area contributed by atoms with E-state index in [0.717, 1.165) is 38.8 Å². The van der Waals surface area contributed by atoms with Crippen LogP contribution in [0.5, 0.6) is 0 Å². The molecule has 1 aromatic heterocycles. The Bertz CT molecular complexity index is 370. The molecule has 0 saturated heterocycles. The van der Waals surface area contributed by atoms with E-state index in [1.165, 1.54) is 0 Å². The second-order valence-corrected chi connectivity index (χ2v) is 4.40. The molecule has 2 rings (SSSR count). The number of carbonyl (C=O) groups is 1. The first kappa shape index (κ1) is 11.9. The minimum absolute atomic E-state index is 0.185. The highest BCUT2D eigenvalue weighted by Gasteiger charge is 2.17. The van der Waals surface area contributed by atoms with Crippen LogP contribution >= 0.6 is 0 Å². The Labute approximate surface area is 102 Å². The molecule has 1 aromatic rings. The number of aromatic nitrogens is 2. The molecule has 0 unspecified atom stereocenters. The van der Waals surface area contributed by atoms with Gasteiger partial charge in [0, 0.05) is 31.4 Å². The fourth-order valence-corrected chi connectivity index (χ4v) is 2.06. The zero-order chi connectivity index (χ0) is 11.9. The first-order valence-corrected chi connectivity index (χ1v) is 6.26. The molecule has 1 atom stereocenters. The Morgan fingerprint density at radius 2 is 2.41 bits per heavy atom. The molecule has 92 valence electrons. The van der Waals surface area contributed by atoms with Crippen molar-refractivity contribution in [1.29, 1.82) is 0 Å². The molecule has 1 amide bonds. The SMILES string of the molecule is O=C(NCCCn1cccn1)[C@@H]1CC=CCC1. The van der Waals surface area contributed by atoms with Crippen LogP contribution in [0.15, 0.2) is 30.6 Å². The highest BCUT2D eigenvalue weighted by molar-refractivity contribution is 5.78. The van der Waals surface area contributed by atoms with Crippen LogP contribution in [-0.4, -0.2) is 22.2 Å². The predicted octanol–water partition coefficient (Wildman–Crippen LogP) is 1.75. The first-order valence-electron chi connectivity index (χ1n) is 6.26. The summed E-state index contributed by atoms with van der Waals surface area (Å²) in [6, 6.07) is 1.91. The Kier molecular flexibility index (Phi) is 4.36. The number of nitrogens with zero attached hydrogens (tertiary/aromatic N) is 2. The van der Waals surface area contributed by atoms with E-state index in [1.54, 1.807) is 6.20 Å². The summed E-state index contributed by atoms with van der Waals surface area (Å²) in [5.41, 5.74) is 0. The van der Waals surface area contributed by atoms with Crippen molar-refractivity contribution in [2.45, 2.75) is 32.2 Å². The molecule has 0 aliphatic heterocycles. The molecule has 0 spiro atoms. The number of nitrogens with one attached hydrogen (secondary N) is 1. The van der Waals surface area contributed by atoms with Crippen LogP contribution in [0.25, 0.3) is 0 Å². The van der Waals surface area contributed by atoms with Gasteiger partial charge in [-0.2, -0.15) is 5.10 Å². The third kappa shape index (κ3) is 3.73. The summed E-state index contributed by atoms with van der Waals surface area (Å²) in [7, 11) is 0. The van der Waals surface area contributed by atoms with E-state index in [2.05, 4.69) is 22.6 Å². The first-order chi connectivity index (χ1) is 8.36. The summed E-state index contributed by atoms with van der Waals surface area (Å²) < 4.78 is 1.88. The maximum absolute atomic E-state index is 11.8. The largest absolute Gasteiger partial charge is 0.356 e. The fraction of sp³-hybridized carbons (Fsp3) is 0.538. The highest BCUT2D eigenvalue weighted by atomic mass is 16.1. The molecule has 4 heteroatoms. The molecule has 0 saturated carbocycles. The monoisotopic (exact) mass is 233 g/mol. The number of hydrogen-bond donors (Lipinski definition) is 1. The molecule has 1 heterocycles. The van der Waals surface area contributed by atoms with E-state index in [4.69, 9.17) is 0 Å². The molecule has 0 fully saturated rings. The van der Waals surface area contributed by atoms with Gasteiger partial charge in [-0.05, 0) is 31.7 Å².